The molecule has 1 aliphatic rings. The van der Waals surface area contributed by atoms with Crippen LogP contribution >= 0.6 is 0 Å². The number of esters is 2. The van der Waals surface area contributed by atoms with E-state index in [0.717, 1.165) is 12.1 Å². The van der Waals surface area contributed by atoms with Gasteiger partial charge in [-0.25, -0.2) is 4.79 Å². The van der Waals surface area contributed by atoms with Gasteiger partial charge in [0.25, 0.3) is 17.7 Å². The van der Waals surface area contributed by atoms with Gasteiger partial charge in [-0.05, 0) is 60.5 Å². The number of amides is 3. The van der Waals surface area contributed by atoms with Crippen LogP contribution in [-0.2, 0) is 37.2 Å². The molecule has 276 valence electrons. The van der Waals surface area contributed by atoms with E-state index in [1.54, 1.807) is 43.3 Å². The van der Waals surface area contributed by atoms with Crippen LogP contribution in [0.3, 0.4) is 0 Å². The lowest BCUT2D eigenvalue weighted by Gasteiger charge is -2.33. The lowest BCUT2D eigenvalue weighted by atomic mass is 9.90. The molecule has 0 fully saturated rings. The van der Waals surface area contributed by atoms with E-state index in [9.17, 15) is 37.1 Å². The Morgan fingerprint density at radius 2 is 1.58 bits per heavy atom. The molecule has 1 unspecified atom stereocenters. The van der Waals surface area contributed by atoms with Gasteiger partial charge in [-0.3, -0.25) is 19.2 Å². The van der Waals surface area contributed by atoms with Crippen LogP contribution in [0.15, 0.2) is 84.9 Å². The standard InChI is InChI=1S/C39H36F3N3O8/c1-6-52-37(50)38(29-12-8-7-10-26(29)36(49)45(38)4)22-53-32(46)21-23-14-19-30(28(20-23)35(48)44(2)3)43-34(47)27-11-9-13-31(51-5)33(27)24-15-17-25(18-16-24)39(40,41)42/h7-20H,6,21-22H2,1-5H3,(H,43,47). The highest BCUT2D eigenvalue weighted by molar-refractivity contribution is 6.12. The zero-order valence-corrected chi connectivity index (χ0v) is 29.5. The van der Waals surface area contributed by atoms with Crippen molar-refractivity contribution in [2.24, 2.45) is 0 Å². The van der Waals surface area contributed by atoms with Gasteiger partial charge in [-0.15, -0.1) is 0 Å². The van der Waals surface area contributed by atoms with Crippen LogP contribution in [0.2, 0.25) is 0 Å². The first-order chi connectivity index (χ1) is 25.1. The molecule has 5 rings (SSSR count). The fourth-order valence-corrected chi connectivity index (χ4v) is 6.13. The van der Waals surface area contributed by atoms with E-state index in [1.807, 2.05) is 0 Å². The number of hydrogen-bond acceptors (Lipinski definition) is 8. The van der Waals surface area contributed by atoms with Crippen LogP contribution in [0.25, 0.3) is 11.1 Å². The van der Waals surface area contributed by atoms with Gasteiger partial charge in [0.05, 0.1) is 42.5 Å². The second kappa shape index (κ2) is 15.2. The Bertz CT molecular complexity index is 2080. The quantitative estimate of drug-likeness (QED) is 0.187. The van der Waals surface area contributed by atoms with Gasteiger partial charge in [-0.1, -0.05) is 42.5 Å². The van der Waals surface area contributed by atoms with E-state index in [0.29, 0.717) is 16.7 Å². The van der Waals surface area contributed by atoms with Crippen LogP contribution in [-0.4, -0.2) is 80.9 Å². The average molecular weight is 732 g/mol. The molecule has 0 saturated heterocycles. The van der Waals surface area contributed by atoms with Crippen molar-refractivity contribution in [1.29, 1.82) is 0 Å². The second-order valence-electron chi connectivity index (χ2n) is 12.3. The zero-order valence-electron chi connectivity index (χ0n) is 29.5. The van der Waals surface area contributed by atoms with Gasteiger partial charge >= 0.3 is 18.1 Å². The molecule has 3 amide bonds. The average Bonchev–Trinajstić information content (AvgIpc) is 3.36. The maximum absolute atomic E-state index is 13.8. The number of methoxy groups -OCH3 is 1. The van der Waals surface area contributed by atoms with Gasteiger partial charge in [-0.2, -0.15) is 13.2 Å². The first-order valence-corrected chi connectivity index (χ1v) is 16.3. The Morgan fingerprint density at radius 3 is 2.23 bits per heavy atom. The van der Waals surface area contributed by atoms with E-state index in [4.69, 9.17) is 14.2 Å². The van der Waals surface area contributed by atoms with E-state index in [1.165, 1.54) is 74.5 Å². The molecule has 11 nitrogen and oxygen atoms in total. The number of halogens is 3. The van der Waals surface area contributed by atoms with E-state index >= 15 is 0 Å². The predicted octanol–water partition coefficient (Wildman–Crippen LogP) is 5.97. The van der Waals surface area contributed by atoms with E-state index < -0.39 is 53.5 Å². The Labute approximate surface area is 303 Å². The van der Waals surface area contributed by atoms with E-state index in [2.05, 4.69) is 5.32 Å². The van der Waals surface area contributed by atoms with Crippen molar-refractivity contribution < 1.29 is 51.4 Å². The molecule has 0 saturated carbocycles. The highest BCUT2D eigenvalue weighted by Gasteiger charge is 2.55. The molecule has 0 bridgehead atoms. The first kappa shape index (κ1) is 38.1. The summed E-state index contributed by atoms with van der Waals surface area (Å²) in [7, 11) is 5.80. The topological polar surface area (TPSA) is 132 Å². The summed E-state index contributed by atoms with van der Waals surface area (Å²) in [6.07, 6.45) is -4.89. The number of likely N-dealkylation sites (N-methyl/N-ethyl adjacent to an activating group) is 1. The zero-order chi connectivity index (χ0) is 38.7. The molecule has 1 aliphatic heterocycles. The lowest BCUT2D eigenvalue weighted by Crippen LogP contribution is -2.52. The molecule has 0 aliphatic carbocycles. The molecule has 1 heterocycles. The minimum Gasteiger partial charge on any atom is -0.496 e. The number of nitrogens with one attached hydrogen (secondary N) is 1. The normalized spacial score (nSPS) is 15.0. The van der Waals surface area contributed by atoms with Crippen LogP contribution < -0.4 is 10.1 Å². The molecule has 1 N–H and O–H groups in total. The maximum Gasteiger partial charge on any atom is 0.416 e. The predicted molar refractivity (Wildman–Crippen MR) is 187 cm³/mol. The highest BCUT2D eigenvalue weighted by Crippen LogP contribution is 2.40. The van der Waals surface area contributed by atoms with Crippen molar-refractivity contribution in [1.82, 2.24) is 9.80 Å². The smallest absolute Gasteiger partial charge is 0.416 e. The number of carbonyl (C=O) groups is 5. The first-order valence-electron chi connectivity index (χ1n) is 16.3. The number of carbonyl (C=O) groups excluding carboxylic acids is 5. The Balaban J connectivity index is 1.41. The Kier molecular flexibility index (Phi) is 10.9. The number of hydrogen-bond donors (Lipinski definition) is 1. The summed E-state index contributed by atoms with van der Waals surface area (Å²) >= 11 is 0. The SMILES string of the molecule is CCOC(=O)C1(COC(=O)Cc2ccc(NC(=O)c3cccc(OC)c3-c3ccc(C(F)(F)F)cc3)c(C(=O)N(C)C)c2)c2ccccc2C(=O)N1C. The van der Waals surface area contributed by atoms with Gasteiger partial charge in [0, 0.05) is 37.8 Å². The van der Waals surface area contributed by atoms with Crippen LogP contribution in [0, 0.1) is 0 Å². The number of fused-ring (bicyclic) bond motifs is 1. The van der Waals surface area contributed by atoms with Crippen LogP contribution in [0.1, 0.15) is 54.7 Å². The highest BCUT2D eigenvalue weighted by atomic mass is 19.4. The largest absolute Gasteiger partial charge is 0.496 e. The monoisotopic (exact) mass is 731 g/mol. The molecule has 4 aromatic rings. The molecule has 0 radical (unpaired) electrons. The molecule has 0 aromatic heterocycles. The van der Waals surface area contributed by atoms with Gasteiger partial charge in [0.2, 0.25) is 5.54 Å². The summed E-state index contributed by atoms with van der Waals surface area (Å²) in [6, 6.07) is 19.7. The second-order valence-corrected chi connectivity index (χ2v) is 12.3. The number of benzene rings is 4. The number of ether oxygens (including phenoxy) is 3. The summed E-state index contributed by atoms with van der Waals surface area (Å²) in [4.78, 5) is 69.2. The van der Waals surface area contributed by atoms with Gasteiger partial charge in [0.15, 0.2) is 0 Å². The molecule has 53 heavy (non-hydrogen) atoms. The van der Waals surface area contributed by atoms with Crippen molar-refractivity contribution in [3.05, 3.63) is 118 Å². The third kappa shape index (κ3) is 7.43. The van der Waals surface area contributed by atoms with E-state index in [-0.39, 0.29) is 46.7 Å². The molecule has 0 spiro atoms. The van der Waals surface area contributed by atoms with Crippen molar-refractivity contribution >= 4 is 35.3 Å². The lowest BCUT2D eigenvalue weighted by molar-refractivity contribution is -0.164. The van der Waals surface area contributed by atoms with Crippen LogP contribution in [0.5, 0.6) is 5.75 Å². The molecular weight excluding hydrogens is 695 g/mol. The minimum absolute atomic E-state index is 0.0263. The van der Waals surface area contributed by atoms with Crippen molar-refractivity contribution in [3.63, 3.8) is 0 Å². The summed E-state index contributed by atoms with van der Waals surface area (Å²) in [5.41, 5.74) is -0.888. The third-order valence-corrected chi connectivity index (χ3v) is 8.84. The summed E-state index contributed by atoms with van der Waals surface area (Å²) in [5, 5.41) is 2.72. The summed E-state index contributed by atoms with van der Waals surface area (Å²) in [5.74, 6) is -2.92. The summed E-state index contributed by atoms with van der Waals surface area (Å²) in [6.45, 7) is 1.12. The number of rotatable bonds is 11. The van der Waals surface area contributed by atoms with Gasteiger partial charge < -0.3 is 29.3 Å². The number of alkyl halides is 3. The maximum atomic E-state index is 13.8. The van der Waals surface area contributed by atoms with Crippen LogP contribution in [0.4, 0.5) is 18.9 Å². The number of nitrogens with zero attached hydrogens (tertiary/aromatic N) is 2. The minimum atomic E-state index is -4.55. The Morgan fingerprint density at radius 1 is 0.887 bits per heavy atom. The fourth-order valence-electron chi connectivity index (χ4n) is 6.13. The van der Waals surface area contributed by atoms with Crippen molar-refractivity contribution in [3.8, 4) is 16.9 Å². The van der Waals surface area contributed by atoms with Crippen molar-refractivity contribution in [2.75, 3.05) is 46.8 Å². The Hall–Kier alpha value is -6.18. The number of anilines is 1. The molecule has 14 heteroatoms. The third-order valence-electron chi connectivity index (χ3n) is 8.84. The summed E-state index contributed by atoms with van der Waals surface area (Å²) < 4.78 is 56.1. The fraction of sp³-hybridized carbons (Fsp3) is 0.256. The van der Waals surface area contributed by atoms with Gasteiger partial charge in [0.1, 0.15) is 12.4 Å². The van der Waals surface area contributed by atoms with Crippen molar-refractivity contribution in [2.45, 2.75) is 25.1 Å². The molecular formula is C39H36F3N3O8. The molecule has 4 aromatic carbocycles. The molecule has 1 atom stereocenters.